The topological polar surface area (TPSA) is 99.5 Å². The van der Waals surface area contributed by atoms with Crippen LogP contribution in [-0.4, -0.2) is 45.5 Å². The molecule has 0 bridgehead atoms. The van der Waals surface area contributed by atoms with Crippen LogP contribution in [0.3, 0.4) is 0 Å². The van der Waals surface area contributed by atoms with Gasteiger partial charge in [0, 0.05) is 11.7 Å². The van der Waals surface area contributed by atoms with E-state index in [0.717, 1.165) is 21.7 Å². The number of ether oxygens (including phenoxy) is 1. The first-order valence-electron chi connectivity index (χ1n) is 8.99. The average molecular weight is 384 g/mol. The maximum atomic E-state index is 10.6. The van der Waals surface area contributed by atoms with Crippen LogP contribution < -0.4 is 10.6 Å². The molecule has 2 aromatic heterocycles. The number of thiophene rings is 1. The quantitative estimate of drug-likeness (QED) is 0.536. The number of aliphatic hydroxyl groups excluding tert-OH is 1. The third-order valence-electron chi connectivity index (χ3n) is 5.01. The second-order valence-electron chi connectivity index (χ2n) is 7.11. The molecular weight excluding hydrogens is 364 g/mol. The number of benzene rings is 1. The summed E-state index contributed by atoms with van der Waals surface area (Å²) >= 11 is 1.64. The molecule has 0 amide bonds. The highest BCUT2D eigenvalue weighted by molar-refractivity contribution is 7.17. The molecule has 2 fully saturated rings. The van der Waals surface area contributed by atoms with E-state index in [1.54, 1.807) is 23.5 Å². The predicted molar refractivity (Wildman–Crippen MR) is 105 cm³/mol. The Morgan fingerprint density at radius 1 is 1.15 bits per heavy atom. The second-order valence-corrected chi connectivity index (χ2v) is 8.02. The number of anilines is 3. The molecule has 3 aromatic rings. The summed E-state index contributed by atoms with van der Waals surface area (Å²) < 4.78 is 6.26. The van der Waals surface area contributed by atoms with Crippen molar-refractivity contribution in [2.45, 2.75) is 30.6 Å². The lowest BCUT2D eigenvalue weighted by molar-refractivity contribution is -0.0477. The summed E-state index contributed by atoms with van der Waals surface area (Å²) in [6.07, 6.45) is 1.44. The van der Waals surface area contributed by atoms with Gasteiger partial charge < -0.3 is 25.6 Å². The SMILES string of the molecule is OC1COCC1(O)c1ccc(Nc2nc(NC3CC3)c3sccc3n2)cc1. The summed E-state index contributed by atoms with van der Waals surface area (Å²) in [6, 6.07) is 9.75. The van der Waals surface area contributed by atoms with Crippen LogP contribution in [-0.2, 0) is 10.3 Å². The summed E-state index contributed by atoms with van der Waals surface area (Å²) in [7, 11) is 0. The van der Waals surface area contributed by atoms with Crippen molar-refractivity contribution < 1.29 is 14.9 Å². The first kappa shape index (κ1) is 16.9. The minimum Gasteiger partial charge on any atom is -0.387 e. The average Bonchev–Trinajstić information content (AvgIpc) is 3.23. The first-order chi connectivity index (χ1) is 13.1. The molecule has 1 saturated heterocycles. The number of fused-ring (bicyclic) bond motifs is 1. The molecule has 27 heavy (non-hydrogen) atoms. The zero-order chi connectivity index (χ0) is 18.4. The van der Waals surface area contributed by atoms with Crippen LogP contribution in [0.15, 0.2) is 35.7 Å². The van der Waals surface area contributed by atoms with Gasteiger partial charge in [-0.2, -0.15) is 4.98 Å². The number of nitrogens with one attached hydrogen (secondary N) is 2. The Balaban J connectivity index is 1.40. The van der Waals surface area contributed by atoms with Crippen molar-refractivity contribution >= 4 is 39.0 Å². The monoisotopic (exact) mass is 384 g/mol. The minimum atomic E-state index is -1.36. The van der Waals surface area contributed by atoms with Crippen LogP contribution in [0.25, 0.3) is 10.2 Å². The minimum absolute atomic E-state index is 0.0923. The maximum Gasteiger partial charge on any atom is 0.229 e. The number of hydrogen-bond donors (Lipinski definition) is 4. The number of nitrogens with zero attached hydrogens (tertiary/aromatic N) is 2. The number of hydrogen-bond acceptors (Lipinski definition) is 8. The zero-order valence-electron chi connectivity index (χ0n) is 14.6. The largest absolute Gasteiger partial charge is 0.387 e. The van der Waals surface area contributed by atoms with Gasteiger partial charge in [-0.25, -0.2) is 4.98 Å². The Labute approximate surface area is 160 Å². The maximum absolute atomic E-state index is 10.6. The molecule has 1 saturated carbocycles. The van der Waals surface area contributed by atoms with Gasteiger partial charge in [-0.05, 0) is 42.0 Å². The molecule has 7 nitrogen and oxygen atoms in total. The van der Waals surface area contributed by atoms with E-state index in [1.165, 1.54) is 12.8 Å². The summed E-state index contributed by atoms with van der Waals surface area (Å²) in [4.78, 5) is 9.23. The van der Waals surface area contributed by atoms with Crippen molar-refractivity contribution in [2.75, 3.05) is 23.8 Å². The van der Waals surface area contributed by atoms with Crippen LogP contribution in [0.5, 0.6) is 0 Å². The van der Waals surface area contributed by atoms with Crippen LogP contribution in [0.4, 0.5) is 17.5 Å². The number of rotatable bonds is 5. The standard InChI is InChI=1S/C19H20N4O3S/c24-15-9-26-10-19(15,25)11-1-3-13(4-2-11)21-18-22-14-7-8-27-16(14)17(23-18)20-12-5-6-12/h1-4,7-8,12,15,24-25H,5-6,9-10H2,(H2,20,21,22,23). The zero-order valence-corrected chi connectivity index (χ0v) is 15.4. The van der Waals surface area contributed by atoms with Crippen molar-refractivity contribution in [3.8, 4) is 0 Å². The lowest BCUT2D eigenvalue weighted by Crippen LogP contribution is -2.38. The van der Waals surface area contributed by atoms with Crippen molar-refractivity contribution in [3.63, 3.8) is 0 Å². The van der Waals surface area contributed by atoms with E-state index in [2.05, 4.69) is 20.6 Å². The number of aromatic nitrogens is 2. The van der Waals surface area contributed by atoms with Gasteiger partial charge >= 0.3 is 0 Å². The molecule has 1 aromatic carbocycles. The summed E-state index contributed by atoms with van der Waals surface area (Å²) in [5.74, 6) is 1.40. The highest BCUT2D eigenvalue weighted by Crippen LogP contribution is 2.34. The fourth-order valence-electron chi connectivity index (χ4n) is 3.25. The molecule has 1 aliphatic heterocycles. The molecule has 2 aliphatic rings. The van der Waals surface area contributed by atoms with Crippen molar-refractivity contribution in [1.82, 2.24) is 9.97 Å². The van der Waals surface area contributed by atoms with Crippen LogP contribution in [0, 0.1) is 0 Å². The van der Waals surface area contributed by atoms with Gasteiger partial charge in [0.15, 0.2) is 0 Å². The molecule has 2 unspecified atom stereocenters. The van der Waals surface area contributed by atoms with Crippen LogP contribution in [0.1, 0.15) is 18.4 Å². The molecule has 1 aliphatic carbocycles. The Morgan fingerprint density at radius 3 is 2.67 bits per heavy atom. The van der Waals surface area contributed by atoms with E-state index in [-0.39, 0.29) is 13.2 Å². The lowest BCUT2D eigenvalue weighted by Gasteiger charge is -2.25. The molecular formula is C19H20N4O3S. The Morgan fingerprint density at radius 2 is 1.96 bits per heavy atom. The number of aliphatic hydroxyl groups is 2. The van der Waals surface area contributed by atoms with E-state index in [0.29, 0.717) is 17.6 Å². The fraction of sp³-hybridized carbons (Fsp3) is 0.368. The first-order valence-corrected chi connectivity index (χ1v) is 9.87. The van der Waals surface area contributed by atoms with E-state index < -0.39 is 11.7 Å². The van der Waals surface area contributed by atoms with Gasteiger partial charge in [0.05, 0.1) is 23.4 Å². The highest BCUT2D eigenvalue weighted by Gasteiger charge is 2.42. The van der Waals surface area contributed by atoms with Gasteiger partial charge in [-0.15, -0.1) is 11.3 Å². The fourth-order valence-corrected chi connectivity index (χ4v) is 4.03. The van der Waals surface area contributed by atoms with E-state index in [1.807, 2.05) is 23.6 Å². The lowest BCUT2D eigenvalue weighted by atomic mass is 9.91. The van der Waals surface area contributed by atoms with Crippen molar-refractivity contribution in [2.24, 2.45) is 0 Å². The normalized spacial score (nSPS) is 25.0. The smallest absolute Gasteiger partial charge is 0.229 e. The molecule has 5 rings (SSSR count). The molecule has 140 valence electrons. The Kier molecular flexibility index (Phi) is 4.01. The Hall–Kier alpha value is -2.26. The molecule has 2 atom stereocenters. The third-order valence-corrected chi connectivity index (χ3v) is 5.92. The van der Waals surface area contributed by atoms with Gasteiger partial charge in [0.1, 0.15) is 17.5 Å². The molecule has 4 N–H and O–H groups in total. The molecule has 0 spiro atoms. The summed E-state index contributed by atoms with van der Waals surface area (Å²) in [5.41, 5.74) is 0.996. The van der Waals surface area contributed by atoms with Gasteiger partial charge in [0.2, 0.25) is 5.95 Å². The molecule has 3 heterocycles. The van der Waals surface area contributed by atoms with Crippen molar-refractivity contribution in [1.29, 1.82) is 0 Å². The van der Waals surface area contributed by atoms with Crippen molar-refractivity contribution in [3.05, 3.63) is 41.3 Å². The Bertz CT molecular complexity index is 973. The molecule has 8 heteroatoms. The van der Waals surface area contributed by atoms with Crippen LogP contribution in [0.2, 0.25) is 0 Å². The summed E-state index contributed by atoms with van der Waals surface area (Å²) in [5, 5.41) is 29.3. The van der Waals surface area contributed by atoms with E-state index >= 15 is 0 Å². The van der Waals surface area contributed by atoms with Gasteiger partial charge in [-0.1, -0.05) is 12.1 Å². The van der Waals surface area contributed by atoms with Crippen LogP contribution >= 0.6 is 11.3 Å². The third kappa shape index (κ3) is 3.14. The second kappa shape index (κ2) is 6.42. The predicted octanol–water partition coefficient (Wildman–Crippen LogP) is 2.59. The highest BCUT2D eigenvalue weighted by atomic mass is 32.1. The van der Waals surface area contributed by atoms with E-state index in [4.69, 9.17) is 4.74 Å². The van der Waals surface area contributed by atoms with Gasteiger partial charge in [-0.3, -0.25) is 0 Å². The summed E-state index contributed by atoms with van der Waals surface area (Å²) in [6.45, 7) is 0.233. The van der Waals surface area contributed by atoms with Gasteiger partial charge in [0.25, 0.3) is 0 Å². The van der Waals surface area contributed by atoms with E-state index in [9.17, 15) is 10.2 Å². The molecule has 0 radical (unpaired) electrons.